The zero-order valence-corrected chi connectivity index (χ0v) is 27.0. The van der Waals surface area contributed by atoms with E-state index in [-0.39, 0.29) is 6.03 Å². The third-order valence-electron chi connectivity index (χ3n) is 8.12. The number of carbonyl (C=O) groups is 1. The number of piperidine rings is 1. The fraction of sp³-hybridized carbons (Fsp3) is 0.343. The van der Waals surface area contributed by atoms with Crippen molar-refractivity contribution in [2.75, 3.05) is 25.5 Å². The van der Waals surface area contributed by atoms with Gasteiger partial charge < -0.3 is 14.4 Å². The molecule has 0 aliphatic carbocycles. The molecular formula is C35H36N6O3S. The lowest BCUT2D eigenvalue weighted by Crippen LogP contribution is -2.43. The monoisotopic (exact) mass is 620 g/mol. The SMILES string of the molecule is COc1ccc(COC(C)(C)c2cc(-c3sc(NC(=O)N4CCC(C)(C#N)CC4)nc3-c3cccc(C#N)c3)cc(C)n2)cc1. The molecule has 1 saturated heterocycles. The average Bonchev–Trinajstić information content (AvgIpc) is 3.48. The van der Waals surface area contributed by atoms with Gasteiger partial charge in [-0.25, -0.2) is 9.78 Å². The number of nitrogens with one attached hydrogen (secondary N) is 1. The van der Waals surface area contributed by atoms with Crippen molar-refractivity contribution < 1.29 is 14.3 Å². The van der Waals surface area contributed by atoms with Crippen molar-refractivity contribution in [3.8, 4) is 39.6 Å². The van der Waals surface area contributed by atoms with E-state index < -0.39 is 11.0 Å². The number of methoxy groups -OCH3 is 1. The van der Waals surface area contributed by atoms with E-state index >= 15 is 0 Å². The Kier molecular flexibility index (Phi) is 9.19. The fourth-order valence-electron chi connectivity index (χ4n) is 5.15. The molecule has 1 aliphatic rings. The lowest BCUT2D eigenvalue weighted by molar-refractivity contribution is -0.0368. The van der Waals surface area contributed by atoms with Crippen molar-refractivity contribution in [2.45, 2.75) is 52.7 Å². The maximum absolute atomic E-state index is 13.2. The van der Waals surface area contributed by atoms with Gasteiger partial charge in [-0.1, -0.05) is 35.6 Å². The van der Waals surface area contributed by atoms with Gasteiger partial charge in [0, 0.05) is 24.3 Å². The van der Waals surface area contributed by atoms with E-state index in [1.165, 1.54) is 11.3 Å². The molecule has 0 spiro atoms. The molecule has 0 radical (unpaired) electrons. The van der Waals surface area contributed by atoms with Crippen molar-refractivity contribution in [3.05, 3.63) is 83.2 Å². The first-order valence-electron chi connectivity index (χ1n) is 14.8. The van der Waals surface area contributed by atoms with Crippen LogP contribution in [0.1, 0.15) is 56.1 Å². The van der Waals surface area contributed by atoms with Crippen molar-refractivity contribution in [1.82, 2.24) is 14.9 Å². The maximum Gasteiger partial charge on any atom is 0.323 e. The largest absolute Gasteiger partial charge is 0.497 e. The number of amides is 2. The number of urea groups is 1. The Balaban J connectivity index is 1.46. The molecule has 3 heterocycles. The Morgan fingerprint density at radius 3 is 2.47 bits per heavy atom. The standard InChI is InChI=1S/C35H36N6O3S/c1-23-17-27(19-29(38-23)34(2,3)44-21-24-9-11-28(43-5)12-10-24)31-30(26-8-6-7-25(18-26)20-36)39-32(45-31)40-33(42)41-15-13-35(4,22-37)14-16-41/h6-12,17-19H,13-16,21H2,1-5H3,(H,39,40,42). The van der Waals surface area contributed by atoms with Crippen LogP contribution in [0.4, 0.5) is 9.93 Å². The Morgan fingerprint density at radius 1 is 1.07 bits per heavy atom. The lowest BCUT2D eigenvalue weighted by Gasteiger charge is -2.34. The molecule has 9 nitrogen and oxygen atoms in total. The van der Waals surface area contributed by atoms with E-state index in [0.717, 1.165) is 38.7 Å². The quantitative estimate of drug-likeness (QED) is 0.214. The van der Waals surface area contributed by atoms with Gasteiger partial charge in [0.15, 0.2) is 5.13 Å². The number of carbonyl (C=O) groups excluding carboxylic acids is 1. The molecule has 1 N–H and O–H groups in total. The third-order valence-corrected chi connectivity index (χ3v) is 9.14. The van der Waals surface area contributed by atoms with Gasteiger partial charge in [-0.2, -0.15) is 10.5 Å². The second kappa shape index (κ2) is 13.1. The molecule has 0 atom stereocenters. The van der Waals surface area contributed by atoms with Gasteiger partial charge in [-0.15, -0.1) is 0 Å². The van der Waals surface area contributed by atoms with E-state index in [0.29, 0.717) is 48.9 Å². The molecule has 1 fully saturated rings. The summed E-state index contributed by atoms with van der Waals surface area (Å²) in [5.41, 5.74) is 4.31. The van der Waals surface area contributed by atoms with E-state index in [1.54, 1.807) is 24.1 Å². The van der Waals surface area contributed by atoms with Crippen LogP contribution in [0.3, 0.4) is 0 Å². The first kappa shape index (κ1) is 31.6. The second-order valence-electron chi connectivity index (χ2n) is 12.0. The van der Waals surface area contributed by atoms with Crippen LogP contribution in [-0.2, 0) is 16.9 Å². The highest BCUT2D eigenvalue weighted by Gasteiger charge is 2.32. The number of ether oxygens (including phenoxy) is 2. The van der Waals surface area contributed by atoms with Crippen LogP contribution in [0.2, 0.25) is 0 Å². The minimum absolute atomic E-state index is 0.243. The van der Waals surface area contributed by atoms with Crippen LogP contribution in [0.25, 0.3) is 21.7 Å². The second-order valence-corrected chi connectivity index (χ2v) is 13.0. The van der Waals surface area contributed by atoms with Crippen molar-refractivity contribution in [1.29, 1.82) is 10.5 Å². The zero-order valence-electron chi connectivity index (χ0n) is 26.2. The fourth-order valence-corrected chi connectivity index (χ4v) is 6.12. The molecule has 1 aliphatic heterocycles. The number of nitriles is 2. The zero-order chi connectivity index (χ0) is 32.2. The molecule has 4 aromatic rings. The van der Waals surface area contributed by atoms with E-state index in [1.807, 2.05) is 76.2 Å². The summed E-state index contributed by atoms with van der Waals surface area (Å²) in [6.45, 7) is 9.27. The van der Waals surface area contributed by atoms with Crippen molar-refractivity contribution >= 4 is 22.5 Å². The molecule has 10 heteroatoms. The average molecular weight is 621 g/mol. The van der Waals surface area contributed by atoms with E-state index in [4.69, 9.17) is 19.4 Å². The number of nitrogens with zero attached hydrogens (tertiary/aromatic N) is 5. The Hall–Kier alpha value is -4.77. The summed E-state index contributed by atoms with van der Waals surface area (Å²) in [4.78, 5) is 25.5. The molecule has 2 aromatic carbocycles. The normalized spacial score (nSPS) is 14.3. The number of aryl methyl sites for hydroxylation is 1. The Labute approximate surface area is 268 Å². The Morgan fingerprint density at radius 2 is 1.80 bits per heavy atom. The van der Waals surface area contributed by atoms with Gasteiger partial charge in [-0.05, 0) is 88.1 Å². The van der Waals surface area contributed by atoms with Crippen LogP contribution < -0.4 is 10.1 Å². The first-order valence-corrected chi connectivity index (χ1v) is 15.6. The number of hydrogen-bond donors (Lipinski definition) is 1. The van der Waals surface area contributed by atoms with Gasteiger partial charge in [0.05, 0.1) is 53.1 Å². The summed E-state index contributed by atoms with van der Waals surface area (Å²) in [6, 6.07) is 23.4. The van der Waals surface area contributed by atoms with Crippen LogP contribution in [0.5, 0.6) is 5.75 Å². The first-order chi connectivity index (χ1) is 21.5. The smallest absolute Gasteiger partial charge is 0.323 e. The highest BCUT2D eigenvalue weighted by atomic mass is 32.1. The van der Waals surface area contributed by atoms with Crippen LogP contribution in [-0.4, -0.2) is 41.1 Å². The molecular weight excluding hydrogens is 584 g/mol. The molecule has 0 bridgehead atoms. The summed E-state index contributed by atoms with van der Waals surface area (Å²) >= 11 is 1.37. The maximum atomic E-state index is 13.2. The van der Waals surface area contributed by atoms with Crippen LogP contribution in [0, 0.1) is 35.0 Å². The van der Waals surface area contributed by atoms with Gasteiger partial charge >= 0.3 is 6.03 Å². The highest BCUT2D eigenvalue weighted by molar-refractivity contribution is 7.19. The number of anilines is 1. The van der Waals surface area contributed by atoms with Crippen molar-refractivity contribution in [3.63, 3.8) is 0 Å². The van der Waals surface area contributed by atoms with Gasteiger partial charge in [0.25, 0.3) is 0 Å². The highest BCUT2D eigenvalue weighted by Crippen LogP contribution is 2.41. The molecule has 230 valence electrons. The number of pyridine rings is 1. The van der Waals surface area contributed by atoms with E-state index in [9.17, 15) is 15.3 Å². The van der Waals surface area contributed by atoms with E-state index in [2.05, 4.69) is 17.5 Å². The summed E-state index contributed by atoms with van der Waals surface area (Å²) in [6.07, 6.45) is 1.25. The topological polar surface area (TPSA) is 124 Å². The number of benzene rings is 2. The molecule has 2 aromatic heterocycles. The number of hydrogen-bond acceptors (Lipinski definition) is 8. The molecule has 45 heavy (non-hydrogen) atoms. The van der Waals surface area contributed by atoms with Gasteiger partial charge in [0.1, 0.15) is 11.4 Å². The van der Waals surface area contributed by atoms with Gasteiger partial charge in [0.2, 0.25) is 0 Å². The minimum Gasteiger partial charge on any atom is -0.497 e. The summed E-state index contributed by atoms with van der Waals surface area (Å²) in [5.74, 6) is 0.789. The lowest BCUT2D eigenvalue weighted by atomic mass is 9.82. The number of thiazole rings is 1. The van der Waals surface area contributed by atoms with Gasteiger partial charge in [-0.3, -0.25) is 10.3 Å². The molecule has 5 rings (SSSR count). The summed E-state index contributed by atoms with van der Waals surface area (Å²) in [7, 11) is 1.64. The third kappa shape index (κ3) is 7.31. The molecule has 0 saturated carbocycles. The predicted molar refractivity (Wildman–Crippen MR) is 175 cm³/mol. The number of rotatable bonds is 8. The minimum atomic E-state index is -0.713. The molecule has 2 amide bonds. The van der Waals surface area contributed by atoms with Crippen LogP contribution >= 0.6 is 11.3 Å². The number of aromatic nitrogens is 2. The number of likely N-dealkylation sites (tertiary alicyclic amines) is 1. The summed E-state index contributed by atoms with van der Waals surface area (Å²) in [5, 5.41) is 22.5. The predicted octanol–water partition coefficient (Wildman–Crippen LogP) is 7.67. The summed E-state index contributed by atoms with van der Waals surface area (Å²) < 4.78 is 11.6. The van der Waals surface area contributed by atoms with Crippen LogP contribution in [0.15, 0.2) is 60.7 Å². The Bertz CT molecular complexity index is 1780. The molecule has 0 unspecified atom stereocenters. The van der Waals surface area contributed by atoms with Crippen molar-refractivity contribution in [2.24, 2.45) is 5.41 Å².